The second kappa shape index (κ2) is 12.4. The first kappa shape index (κ1) is 31.3. The normalized spacial score (nSPS) is 26.8. The van der Waals surface area contributed by atoms with Gasteiger partial charge in [0.05, 0.1) is 17.8 Å². The van der Waals surface area contributed by atoms with Gasteiger partial charge in [-0.1, -0.05) is 12.8 Å². The minimum absolute atomic E-state index is 0.00161. The summed E-state index contributed by atoms with van der Waals surface area (Å²) in [5, 5.41) is 3.80. The largest absolute Gasteiger partial charge is 0.451 e. The van der Waals surface area contributed by atoms with Crippen molar-refractivity contribution in [3.8, 4) is 11.5 Å². The van der Waals surface area contributed by atoms with Crippen LogP contribution in [-0.2, 0) is 4.79 Å². The van der Waals surface area contributed by atoms with E-state index in [2.05, 4.69) is 25.1 Å². The summed E-state index contributed by atoms with van der Waals surface area (Å²) in [4.78, 5) is 42.0. The van der Waals surface area contributed by atoms with Gasteiger partial charge in [-0.05, 0) is 102 Å². The first-order valence-corrected chi connectivity index (χ1v) is 17.5. The van der Waals surface area contributed by atoms with Gasteiger partial charge < -0.3 is 24.8 Å². The molecule has 5 heterocycles. The van der Waals surface area contributed by atoms with Gasteiger partial charge in [-0.25, -0.2) is 14.4 Å². The fourth-order valence-electron chi connectivity index (χ4n) is 8.83. The van der Waals surface area contributed by atoms with E-state index >= 15 is 0 Å². The average molecular weight is 633 g/mol. The Kier molecular flexibility index (Phi) is 8.44. The van der Waals surface area contributed by atoms with Gasteiger partial charge >= 0.3 is 0 Å². The number of nitrogens with zero attached hydrogens (tertiary/aromatic N) is 5. The summed E-state index contributed by atoms with van der Waals surface area (Å²) in [6.07, 6.45) is 12.9. The maximum absolute atomic E-state index is 14.4. The molecule has 2 bridgehead atoms. The summed E-state index contributed by atoms with van der Waals surface area (Å²) in [5.41, 5.74) is 0.313. The zero-order valence-corrected chi connectivity index (χ0v) is 27.8. The number of fused-ring (bicyclic) bond motifs is 3. The number of anilines is 1. The first-order valence-electron chi connectivity index (χ1n) is 17.5. The fourth-order valence-corrected chi connectivity index (χ4v) is 8.83. The molecule has 46 heavy (non-hydrogen) atoms. The Morgan fingerprint density at radius 3 is 2.46 bits per heavy atom. The van der Waals surface area contributed by atoms with E-state index in [1.54, 1.807) is 11.1 Å². The van der Waals surface area contributed by atoms with Crippen molar-refractivity contribution in [1.82, 2.24) is 25.1 Å². The lowest BCUT2D eigenvalue weighted by Crippen LogP contribution is -2.65. The molecule has 6 fully saturated rings. The van der Waals surface area contributed by atoms with Crippen LogP contribution in [0.15, 0.2) is 30.7 Å². The summed E-state index contributed by atoms with van der Waals surface area (Å²) in [6, 6.07) is 4.45. The fraction of sp³-hybridized carbons (Fsp3) is 0.667. The van der Waals surface area contributed by atoms with Crippen LogP contribution >= 0.6 is 0 Å². The first-order chi connectivity index (χ1) is 22.1. The molecule has 2 amide bonds. The summed E-state index contributed by atoms with van der Waals surface area (Å²) < 4.78 is 20.7. The van der Waals surface area contributed by atoms with Gasteiger partial charge in [0, 0.05) is 49.7 Å². The molecule has 4 saturated heterocycles. The van der Waals surface area contributed by atoms with Gasteiger partial charge in [-0.15, -0.1) is 0 Å². The van der Waals surface area contributed by atoms with Gasteiger partial charge in [-0.2, -0.15) is 0 Å². The number of benzene rings is 1. The van der Waals surface area contributed by atoms with E-state index in [0.717, 1.165) is 50.9 Å². The van der Waals surface area contributed by atoms with Crippen molar-refractivity contribution in [2.24, 2.45) is 23.2 Å². The molecule has 1 spiro atoms. The number of nitrogens with one attached hydrogen (secondary N) is 1. The molecule has 10 heteroatoms. The van der Waals surface area contributed by atoms with Crippen molar-refractivity contribution in [1.29, 1.82) is 0 Å². The molecular weight excluding hydrogens is 583 g/mol. The number of aromatic nitrogens is 2. The van der Waals surface area contributed by atoms with E-state index < -0.39 is 5.82 Å². The molecule has 0 unspecified atom stereocenters. The SMILES string of the molecule is CC(C)N(C(=O)c1cc(F)ccc1Oc1cncnc1N1CC2(CCN(C(=O)[C@H]3N[C@H]4CC[C@@H]3C[C@H]4CC3CC3)CC2)C1)C(C)C. The zero-order chi connectivity index (χ0) is 32.2. The molecule has 8 rings (SSSR count). The highest BCUT2D eigenvalue weighted by Gasteiger charge is 2.50. The summed E-state index contributed by atoms with van der Waals surface area (Å²) in [6.45, 7) is 11.0. The quantitative estimate of drug-likeness (QED) is 0.382. The summed E-state index contributed by atoms with van der Waals surface area (Å²) in [5.74, 6) is 3.11. The maximum Gasteiger partial charge on any atom is 0.258 e. The summed E-state index contributed by atoms with van der Waals surface area (Å²) in [7, 11) is 0. The topological polar surface area (TPSA) is 90.9 Å². The van der Waals surface area contributed by atoms with Crippen LogP contribution in [0.2, 0.25) is 0 Å². The van der Waals surface area contributed by atoms with Crippen LogP contribution in [0.5, 0.6) is 11.5 Å². The molecule has 1 aromatic heterocycles. The lowest BCUT2D eigenvalue weighted by Gasteiger charge is -2.55. The predicted octanol–water partition coefficient (Wildman–Crippen LogP) is 5.65. The smallest absolute Gasteiger partial charge is 0.258 e. The second-order valence-electron chi connectivity index (χ2n) is 15.3. The van der Waals surface area contributed by atoms with Crippen molar-refractivity contribution >= 4 is 17.6 Å². The van der Waals surface area contributed by atoms with Crippen LogP contribution in [0.4, 0.5) is 10.2 Å². The van der Waals surface area contributed by atoms with Crippen molar-refractivity contribution in [3.63, 3.8) is 0 Å². The molecule has 2 aromatic rings. The molecular formula is C36H49FN6O3. The van der Waals surface area contributed by atoms with Gasteiger partial charge in [0.25, 0.3) is 5.91 Å². The highest BCUT2D eigenvalue weighted by Crippen LogP contribution is 2.47. The van der Waals surface area contributed by atoms with E-state index in [0.29, 0.717) is 29.4 Å². The lowest BCUT2D eigenvalue weighted by atomic mass is 9.68. The van der Waals surface area contributed by atoms with Gasteiger partial charge in [0.15, 0.2) is 11.6 Å². The number of halogens is 1. The van der Waals surface area contributed by atoms with E-state index in [4.69, 9.17) is 4.74 Å². The molecule has 6 aliphatic rings. The number of hydrogen-bond donors (Lipinski definition) is 1. The van der Waals surface area contributed by atoms with E-state index in [1.165, 1.54) is 63.1 Å². The molecule has 2 saturated carbocycles. The van der Waals surface area contributed by atoms with Crippen LogP contribution in [-0.4, -0.2) is 81.9 Å². The van der Waals surface area contributed by atoms with Crippen molar-refractivity contribution in [3.05, 3.63) is 42.1 Å². The van der Waals surface area contributed by atoms with E-state index in [-0.39, 0.29) is 40.8 Å². The highest BCUT2D eigenvalue weighted by atomic mass is 19.1. The number of likely N-dealkylation sites (tertiary alicyclic amines) is 1. The highest BCUT2D eigenvalue weighted by molar-refractivity contribution is 5.97. The van der Waals surface area contributed by atoms with Crippen LogP contribution < -0.4 is 15.0 Å². The number of amides is 2. The number of ether oxygens (including phenoxy) is 1. The molecule has 248 valence electrons. The molecule has 1 aromatic carbocycles. The molecule has 4 atom stereocenters. The minimum atomic E-state index is -0.494. The van der Waals surface area contributed by atoms with Gasteiger partial charge in [-0.3, -0.25) is 9.59 Å². The third-order valence-corrected chi connectivity index (χ3v) is 11.4. The Labute approximate surface area is 272 Å². The van der Waals surface area contributed by atoms with Crippen molar-refractivity contribution < 1.29 is 18.7 Å². The monoisotopic (exact) mass is 632 g/mol. The number of carbonyl (C=O) groups excluding carboxylic acids is 2. The lowest BCUT2D eigenvalue weighted by molar-refractivity contribution is -0.140. The Bertz CT molecular complexity index is 1440. The van der Waals surface area contributed by atoms with Crippen LogP contribution in [0.25, 0.3) is 0 Å². The Morgan fingerprint density at radius 2 is 1.80 bits per heavy atom. The van der Waals surface area contributed by atoms with Crippen LogP contribution in [0, 0.1) is 29.0 Å². The number of hydrogen-bond acceptors (Lipinski definition) is 7. The third kappa shape index (κ3) is 6.09. The molecule has 2 aliphatic carbocycles. The summed E-state index contributed by atoms with van der Waals surface area (Å²) >= 11 is 0. The Balaban J connectivity index is 0.979. The Morgan fingerprint density at radius 1 is 1.07 bits per heavy atom. The number of carbonyl (C=O) groups is 2. The molecule has 9 nitrogen and oxygen atoms in total. The van der Waals surface area contributed by atoms with Gasteiger partial charge in [0.1, 0.15) is 17.9 Å². The van der Waals surface area contributed by atoms with E-state index in [9.17, 15) is 14.0 Å². The van der Waals surface area contributed by atoms with E-state index in [1.807, 2.05) is 27.7 Å². The van der Waals surface area contributed by atoms with Crippen molar-refractivity contribution in [2.45, 2.75) is 103 Å². The van der Waals surface area contributed by atoms with Crippen molar-refractivity contribution in [2.75, 3.05) is 31.1 Å². The minimum Gasteiger partial charge on any atom is -0.451 e. The second-order valence-corrected chi connectivity index (χ2v) is 15.3. The molecule has 1 N–H and O–H groups in total. The zero-order valence-electron chi connectivity index (χ0n) is 27.8. The van der Waals surface area contributed by atoms with Gasteiger partial charge in [0.2, 0.25) is 5.91 Å². The molecule has 0 radical (unpaired) electrons. The molecule has 4 aliphatic heterocycles. The Hall–Kier alpha value is -3.27. The predicted molar refractivity (Wildman–Crippen MR) is 174 cm³/mol. The third-order valence-electron chi connectivity index (χ3n) is 11.4. The maximum atomic E-state index is 14.4. The standard InChI is InChI=1S/C36H49FN6O3/c1-22(2)43(23(3)4)34(44)28-17-27(37)8-10-30(28)46-31-18-38-21-39-33(31)42-19-36(20-42)11-13-41(14-12-36)35(45)32-25-7-9-29(40-32)26(16-25)15-24-5-6-24/h8,10,17-18,21-26,29,32,40H,5-7,9,11-16,19-20H2,1-4H3/t25-,26-,29+,32+/m1/s1. The number of piperidine rings is 3. The van der Waals surface area contributed by atoms with Crippen LogP contribution in [0.1, 0.15) is 89.4 Å². The van der Waals surface area contributed by atoms with Crippen LogP contribution in [0.3, 0.4) is 0 Å². The number of rotatable bonds is 9. The average Bonchev–Trinajstić information content (AvgIpc) is 3.85.